The van der Waals surface area contributed by atoms with E-state index in [0.29, 0.717) is 12.6 Å². The third-order valence-corrected chi connectivity index (χ3v) is 4.77. The average molecular weight is 309 g/mol. The average Bonchev–Trinajstić information content (AvgIpc) is 2.89. The molecule has 2 amide bonds. The summed E-state index contributed by atoms with van der Waals surface area (Å²) in [5.74, 6) is 0.405. The van der Waals surface area contributed by atoms with Crippen LogP contribution in [0.2, 0.25) is 0 Å². The lowest BCUT2D eigenvalue weighted by atomic mass is 9.93. The van der Waals surface area contributed by atoms with Crippen LogP contribution in [-0.4, -0.2) is 59.9 Å². The summed E-state index contributed by atoms with van der Waals surface area (Å²) in [6.45, 7) is 10.9. The highest BCUT2D eigenvalue weighted by Crippen LogP contribution is 2.21. The molecule has 126 valence electrons. The summed E-state index contributed by atoms with van der Waals surface area (Å²) in [5.41, 5.74) is -0.331. The van der Waals surface area contributed by atoms with Crippen molar-refractivity contribution in [3.63, 3.8) is 0 Å². The Morgan fingerprint density at radius 3 is 2.41 bits per heavy atom. The van der Waals surface area contributed by atoms with Crippen LogP contribution in [0.1, 0.15) is 53.4 Å². The van der Waals surface area contributed by atoms with Crippen molar-refractivity contribution >= 4 is 11.8 Å². The normalized spacial score (nSPS) is 26.4. The van der Waals surface area contributed by atoms with Crippen molar-refractivity contribution in [3.05, 3.63) is 0 Å². The topological polar surface area (TPSA) is 52.7 Å². The molecule has 2 aliphatic heterocycles. The number of amides is 2. The first-order valence-electron chi connectivity index (χ1n) is 8.61. The van der Waals surface area contributed by atoms with Crippen LogP contribution in [0.5, 0.6) is 0 Å². The summed E-state index contributed by atoms with van der Waals surface area (Å²) in [4.78, 5) is 28.6. The highest BCUT2D eigenvalue weighted by molar-refractivity contribution is 5.81. The lowest BCUT2D eigenvalue weighted by molar-refractivity contribution is -0.140. The Kier molecular flexibility index (Phi) is 5.48. The van der Waals surface area contributed by atoms with Gasteiger partial charge in [0, 0.05) is 37.1 Å². The van der Waals surface area contributed by atoms with Gasteiger partial charge in [-0.1, -0.05) is 20.8 Å². The van der Waals surface area contributed by atoms with Gasteiger partial charge in [0.2, 0.25) is 11.8 Å². The van der Waals surface area contributed by atoms with E-state index >= 15 is 0 Å². The van der Waals surface area contributed by atoms with Gasteiger partial charge in [-0.15, -0.1) is 0 Å². The Labute approximate surface area is 134 Å². The zero-order chi connectivity index (χ0) is 16.3. The van der Waals surface area contributed by atoms with Crippen LogP contribution in [0.15, 0.2) is 0 Å². The van der Waals surface area contributed by atoms with Gasteiger partial charge in [-0.25, -0.2) is 0 Å². The van der Waals surface area contributed by atoms with Crippen molar-refractivity contribution in [1.82, 2.24) is 15.1 Å². The second-order valence-electron chi connectivity index (χ2n) is 7.80. The Morgan fingerprint density at radius 1 is 1.14 bits per heavy atom. The van der Waals surface area contributed by atoms with Gasteiger partial charge in [0.05, 0.1) is 6.54 Å². The van der Waals surface area contributed by atoms with Crippen LogP contribution < -0.4 is 5.32 Å². The first-order chi connectivity index (χ1) is 10.3. The first kappa shape index (κ1) is 17.3. The van der Waals surface area contributed by atoms with E-state index in [9.17, 15) is 9.59 Å². The molecule has 0 unspecified atom stereocenters. The zero-order valence-electron chi connectivity index (χ0n) is 14.5. The van der Waals surface area contributed by atoms with E-state index in [4.69, 9.17) is 0 Å². The van der Waals surface area contributed by atoms with Crippen molar-refractivity contribution in [2.24, 2.45) is 5.41 Å². The molecule has 0 aromatic carbocycles. The summed E-state index contributed by atoms with van der Waals surface area (Å²) in [5, 5.41) is 3.37. The van der Waals surface area contributed by atoms with Crippen LogP contribution in [0.3, 0.4) is 0 Å². The van der Waals surface area contributed by atoms with Gasteiger partial charge in [0.25, 0.3) is 0 Å². The number of hydrogen-bond acceptors (Lipinski definition) is 3. The Bertz CT molecular complexity index is 417. The van der Waals surface area contributed by atoms with E-state index in [1.54, 1.807) is 0 Å². The second-order valence-corrected chi connectivity index (χ2v) is 7.80. The predicted octanol–water partition coefficient (Wildman–Crippen LogP) is 1.62. The number of nitrogens with one attached hydrogen (secondary N) is 1. The molecule has 2 aliphatic rings. The standard InChI is InChI=1S/C17H31N3O2/c1-13-7-5-10-20(13)15(21)11-18-14-8-6-9-19(12-14)16(22)17(2,3)4/h13-14,18H,5-12H2,1-4H3/t13-,14+/m1/s1. The molecule has 0 spiro atoms. The maximum absolute atomic E-state index is 12.4. The lowest BCUT2D eigenvalue weighted by Gasteiger charge is -2.37. The number of piperidine rings is 1. The minimum absolute atomic E-state index is 0.198. The minimum atomic E-state index is -0.331. The van der Waals surface area contributed by atoms with Gasteiger partial charge in [0.15, 0.2) is 0 Å². The van der Waals surface area contributed by atoms with E-state index < -0.39 is 0 Å². The molecule has 1 N–H and O–H groups in total. The smallest absolute Gasteiger partial charge is 0.236 e. The molecule has 0 aromatic rings. The predicted molar refractivity (Wildman–Crippen MR) is 87.5 cm³/mol. The van der Waals surface area contributed by atoms with E-state index in [1.807, 2.05) is 30.6 Å². The summed E-state index contributed by atoms with van der Waals surface area (Å²) in [6.07, 6.45) is 4.28. The van der Waals surface area contributed by atoms with Gasteiger partial charge in [-0.2, -0.15) is 0 Å². The van der Waals surface area contributed by atoms with Crippen LogP contribution in [0.4, 0.5) is 0 Å². The number of rotatable bonds is 3. The number of carbonyl (C=O) groups excluding carboxylic acids is 2. The fraction of sp³-hybridized carbons (Fsp3) is 0.882. The van der Waals surface area contributed by atoms with Gasteiger partial charge in [-0.3, -0.25) is 9.59 Å². The zero-order valence-corrected chi connectivity index (χ0v) is 14.5. The summed E-state index contributed by atoms with van der Waals surface area (Å²) in [6, 6.07) is 0.613. The fourth-order valence-corrected chi connectivity index (χ4v) is 3.44. The highest BCUT2D eigenvalue weighted by atomic mass is 16.2. The fourth-order valence-electron chi connectivity index (χ4n) is 3.44. The maximum Gasteiger partial charge on any atom is 0.236 e. The van der Waals surface area contributed by atoms with Gasteiger partial charge in [0.1, 0.15) is 0 Å². The quantitative estimate of drug-likeness (QED) is 0.862. The monoisotopic (exact) mass is 309 g/mol. The van der Waals surface area contributed by atoms with Crippen molar-refractivity contribution in [2.45, 2.75) is 65.5 Å². The van der Waals surface area contributed by atoms with Crippen molar-refractivity contribution < 1.29 is 9.59 Å². The van der Waals surface area contributed by atoms with Crippen molar-refractivity contribution in [3.8, 4) is 0 Å². The largest absolute Gasteiger partial charge is 0.341 e. The van der Waals surface area contributed by atoms with E-state index in [0.717, 1.165) is 45.3 Å². The summed E-state index contributed by atoms with van der Waals surface area (Å²) in [7, 11) is 0. The van der Waals surface area contributed by atoms with Crippen LogP contribution in [0, 0.1) is 5.41 Å². The molecule has 0 radical (unpaired) electrons. The van der Waals surface area contributed by atoms with Crippen LogP contribution >= 0.6 is 0 Å². The molecule has 2 saturated heterocycles. The van der Waals surface area contributed by atoms with Crippen LogP contribution in [-0.2, 0) is 9.59 Å². The third-order valence-electron chi connectivity index (χ3n) is 4.77. The van der Waals surface area contributed by atoms with Crippen molar-refractivity contribution in [1.29, 1.82) is 0 Å². The molecule has 0 saturated carbocycles. The Morgan fingerprint density at radius 2 is 1.82 bits per heavy atom. The van der Waals surface area contributed by atoms with Gasteiger partial charge < -0.3 is 15.1 Å². The Balaban J connectivity index is 1.81. The molecular formula is C17H31N3O2. The SMILES string of the molecule is C[C@@H]1CCCN1C(=O)CN[C@H]1CCCN(C(=O)C(C)(C)C)C1. The second kappa shape index (κ2) is 6.99. The first-order valence-corrected chi connectivity index (χ1v) is 8.61. The molecule has 0 bridgehead atoms. The maximum atomic E-state index is 12.4. The molecular weight excluding hydrogens is 278 g/mol. The number of likely N-dealkylation sites (tertiary alicyclic amines) is 2. The van der Waals surface area contributed by atoms with E-state index in [2.05, 4.69) is 12.2 Å². The highest BCUT2D eigenvalue weighted by Gasteiger charge is 2.31. The number of hydrogen-bond donors (Lipinski definition) is 1. The molecule has 2 heterocycles. The van der Waals surface area contributed by atoms with Crippen LogP contribution in [0.25, 0.3) is 0 Å². The molecule has 5 nitrogen and oxygen atoms in total. The Hall–Kier alpha value is -1.10. The number of carbonyl (C=O) groups is 2. The lowest BCUT2D eigenvalue weighted by Crippen LogP contribution is -2.52. The van der Waals surface area contributed by atoms with Crippen molar-refractivity contribution in [2.75, 3.05) is 26.2 Å². The number of nitrogens with zero attached hydrogens (tertiary/aromatic N) is 2. The minimum Gasteiger partial charge on any atom is -0.341 e. The van der Waals surface area contributed by atoms with E-state index in [1.165, 1.54) is 0 Å². The van der Waals surface area contributed by atoms with Gasteiger partial charge >= 0.3 is 0 Å². The van der Waals surface area contributed by atoms with E-state index in [-0.39, 0.29) is 23.3 Å². The molecule has 0 aliphatic carbocycles. The summed E-state index contributed by atoms with van der Waals surface area (Å²) >= 11 is 0. The molecule has 2 atom stereocenters. The molecule has 2 rings (SSSR count). The molecule has 22 heavy (non-hydrogen) atoms. The molecule has 5 heteroatoms. The third kappa shape index (κ3) is 4.22. The molecule has 0 aromatic heterocycles. The summed E-state index contributed by atoms with van der Waals surface area (Å²) < 4.78 is 0. The van der Waals surface area contributed by atoms with Gasteiger partial charge in [-0.05, 0) is 32.6 Å². The molecule has 2 fully saturated rings.